The number of aromatic amines is 1. The molecule has 0 bridgehead atoms. The molecule has 0 saturated heterocycles. The van der Waals surface area contributed by atoms with Gasteiger partial charge in [-0.2, -0.15) is 0 Å². The highest BCUT2D eigenvalue weighted by molar-refractivity contribution is 7.15. The van der Waals surface area contributed by atoms with E-state index in [0.717, 1.165) is 16.2 Å². The van der Waals surface area contributed by atoms with Crippen LogP contribution in [0.15, 0.2) is 30.3 Å². The van der Waals surface area contributed by atoms with Gasteiger partial charge in [0.05, 0.1) is 16.0 Å². The molecule has 1 amide bonds. The van der Waals surface area contributed by atoms with Gasteiger partial charge in [0.15, 0.2) is 0 Å². The monoisotopic (exact) mass is 382 g/mol. The van der Waals surface area contributed by atoms with Crippen LogP contribution >= 0.6 is 11.3 Å². The van der Waals surface area contributed by atoms with Gasteiger partial charge in [-0.05, 0) is 51.1 Å². The number of fused-ring (bicyclic) bond motifs is 1. The van der Waals surface area contributed by atoms with Crippen molar-refractivity contribution in [2.24, 2.45) is 5.73 Å². The summed E-state index contributed by atoms with van der Waals surface area (Å²) in [6, 6.07) is 10.9. The fourth-order valence-electron chi connectivity index (χ4n) is 4.06. The van der Waals surface area contributed by atoms with Crippen LogP contribution in [-0.4, -0.2) is 33.9 Å². The Morgan fingerprint density at radius 3 is 2.78 bits per heavy atom. The van der Waals surface area contributed by atoms with Gasteiger partial charge in [0.25, 0.3) is 5.91 Å². The Labute approximate surface area is 163 Å². The van der Waals surface area contributed by atoms with Gasteiger partial charge in [-0.1, -0.05) is 25.3 Å². The minimum absolute atomic E-state index is 0.386. The lowest BCUT2D eigenvalue weighted by Gasteiger charge is -2.35. The Hall–Kier alpha value is -2.18. The molecule has 1 aliphatic rings. The molecule has 1 unspecified atom stereocenters. The Morgan fingerprint density at radius 2 is 2.04 bits per heavy atom. The second-order valence-corrected chi connectivity index (χ2v) is 8.60. The molecular weight excluding hydrogens is 356 g/mol. The number of hydrogen-bond acceptors (Lipinski definition) is 4. The molecule has 0 spiro atoms. The van der Waals surface area contributed by atoms with Crippen molar-refractivity contribution in [2.45, 2.75) is 51.1 Å². The summed E-state index contributed by atoms with van der Waals surface area (Å²) in [7, 11) is 2.25. The van der Waals surface area contributed by atoms with E-state index in [2.05, 4.69) is 41.0 Å². The number of nitrogens with one attached hydrogen (secondary N) is 1. The number of carbonyl (C=O) groups is 1. The molecule has 3 N–H and O–H groups in total. The molecule has 2 aromatic heterocycles. The maximum atomic E-state index is 11.6. The van der Waals surface area contributed by atoms with E-state index in [1.165, 1.54) is 37.0 Å². The van der Waals surface area contributed by atoms with Gasteiger partial charge in [-0.3, -0.25) is 9.69 Å². The van der Waals surface area contributed by atoms with Crippen LogP contribution in [0.2, 0.25) is 0 Å². The van der Waals surface area contributed by atoms with Crippen LogP contribution in [0.1, 0.15) is 60.3 Å². The summed E-state index contributed by atoms with van der Waals surface area (Å²) >= 11 is 1.76. The molecule has 0 radical (unpaired) electrons. The van der Waals surface area contributed by atoms with Crippen LogP contribution < -0.4 is 5.73 Å². The lowest BCUT2D eigenvalue weighted by Crippen LogP contribution is -2.35. The zero-order chi connectivity index (χ0) is 19.0. The first-order valence-electron chi connectivity index (χ1n) is 9.65. The van der Waals surface area contributed by atoms with Crippen LogP contribution in [0.4, 0.5) is 0 Å². The smallest absolute Gasteiger partial charge is 0.250 e. The first-order chi connectivity index (χ1) is 13.0. The van der Waals surface area contributed by atoms with E-state index >= 15 is 0 Å². The lowest BCUT2D eigenvalue weighted by atomic mass is 9.93. The topological polar surface area (TPSA) is 75.0 Å². The second kappa shape index (κ2) is 7.44. The second-order valence-electron chi connectivity index (χ2n) is 7.49. The lowest BCUT2D eigenvalue weighted by molar-refractivity contribution is 0.100. The average Bonchev–Trinajstić information content (AvgIpc) is 3.33. The predicted octanol–water partition coefficient (Wildman–Crippen LogP) is 4.72. The van der Waals surface area contributed by atoms with Crippen molar-refractivity contribution in [3.63, 3.8) is 0 Å². The molecule has 6 heteroatoms. The van der Waals surface area contributed by atoms with E-state index in [1.54, 1.807) is 17.4 Å². The molecule has 4 rings (SSSR count). The van der Waals surface area contributed by atoms with Crippen molar-refractivity contribution in [1.29, 1.82) is 0 Å². The number of primary amides is 1. The maximum absolute atomic E-state index is 11.6. The molecule has 1 fully saturated rings. The van der Waals surface area contributed by atoms with E-state index in [1.807, 2.05) is 12.1 Å². The van der Waals surface area contributed by atoms with Crippen molar-refractivity contribution in [3.8, 4) is 10.7 Å². The fraction of sp³-hybridized carbons (Fsp3) is 0.429. The molecule has 142 valence electrons. The Balaban J connectivity index is 1.59. The van der Waals surface area contributed by atoms with E-state index in [-0.39, 0.29) is 0 Å². The summed E-state index contributed by atoms with van der Waals surface area (Å²) in [6.07, 6.45) is 6.68. The van der Waals surface area contributed by atoms with Crippen LogP contribution in [0, 0.1) is 0 Å². The van der Waals surface area contributed by atoms with Gasteiger partial charge in [0.2, 0.25) is 0 Å². The molecule has 1 atom stereocenters. The highest BCUT2D eigenvalue weighted by atomic mass is 32.1. The number of amides is 1. The van der Waals surface area contributed by atoms with Gasteiger partial charge in [-0.25, -0.2) is 4.98 Å². The first-order valence-corrected chi connectivity index (χ1v) is 10.5. The number of nitrogens with two attached hydrogens (primary N) is 1. The predicted molar refractivity (Wildman–Crippen MR) is 111 cm³/mol. The highest BCUT2D eigenvalue weighted by Crippen LogP contribution is 2.35. The number of benzene rings is 1. The summed E-state index contributed by atoms with van der Waals surface area (Å²) in [5, 5.41) is 0. The third-order valence-corrected chi connectivity index (χ3v) is 7.07. The zero-order valence-corrected chi connectivity index (χ0v) is 16.7. The number of thiophene rings is 1. The van der Waals surface area contributed by atoms with Crippen molar-refractivity contribution >= 4 is 28.3 Å². The number of hydrogen-bond donors (Lipinski definition) is 2. The molecule has 5 nitrogen and oxygen atoms in total. The summed E-state index contributed by atoms with van der Waals surface area (Å²) in [6.45, 7) is 2.29. The number of H-pyrrole nitrogens is 1. The molecule has 1 saturated carbocycles. The minimum Gasteiger partial charge on any atom is -0.366 e. The number of para-hydroxylation sites is 1. The first kappa shape index (κ1) is 18.2. The number of carbonyl (C=O) groups excluding carboxylic acids is 1. The highest BCUT2D eigenvalue weighted by Gasteiger charge is 2.24. The number of nitrogens with zero attached hydrogens (tertiary/aromatic N) is 2. The molecule has 0 aliphatic heterocycles. The molecular formula is C21H26N4OS. The molecule has 27 heavy (non-hydrogen) atoms. The van der Waals surface area contributed by atoms with E-state index in [9.17, 15) is 4.79 Å². The van der Waals surface area contributed by atoms with Gasteiger partial charge in [0.1, 0.15) is 11.3 Å². The van der Waals surface area contributed by atoms with Gasteiger partial charge in [-0.15, -0.1) is 11.3 Å². The number of rotatable bonds is 5. The number of imidazole rings is 1. The normalized spacial score (nSPS) is 16.9. The molecule has 1 aromatic carbocycles. The largest absolute Gasteiger partial charge is 0.366 e. The van der Waals surface area contributed by atoms with E-state index in [0.29, 0.717) is 23.2 Å². The van der Waals surface area contributed by atoms with Gasteiger partial charge >= 0.3 is 0 Å². The summed E-state index contributed by atoms with van der Waals surface area (Å²) in [5.74, 6) is 0.343. The summed E-state index contributed by atoms with van der Waals surface area (Å²) < 4.78 is 0. The maximum Gasteiger partial charge on any atom is 0.250 e. The van der Waals surface area contributed by atoms with Crippen molar-refractivity contribution in [1.82, 2.24) is 14.9 Å². The van der Waals surface area contributed by atoms with Crippen molar-refractivity contribution < 1.29 is 4.79 Å². The minimum atomic E-state index is -0.451. The quantitative estimate of drug-likeness (QED) is 0.671. The third kappa shape index (κ3) is 3.51. The summed E-state index contributed by atoms with van der Waals surface area (Å²) in [5.41, 5.74) is 7.41. The van der Waals surface area contributed by atoms with E-state index in [4.69, 9.17) is 5.73 Å². The molecule has 1 aliphatic carbocycles. The Kier molecular flexibility index (Phi) is 5.02. The number of aromatic nitrogens is 2. The standard InChI is InChI=1S/C21H26N4OS/c1-13(25(2)14-7-4-3-5-8-14)17-11-12-18(27-17)21-23-16-10-6-9-15(20(22)26)19(16)24-21/h6,9-14H,3-5,7-8H2,1-2H3,(H2,22,26)(H,23,24). The fourth-order valence-corrected chi connectivity index (χ4v) is 5.11. The van der Waals surface area contributed by atoms with Crippen LogP contribution in [0.5, 0.6) is 0 Å². The zero-order valence-electron chi connectivity index (χ0n) is 15.9. The van der Waals surface area contributed by atoms with Crippen molar-refractivity contribution in [2.75, 3.05) is 7.05 Å². The molecule has 3 aromatic rings. The molecule has 2 heterocycles. The van der Waals surface area contributed by atoms with Crippen molar-refractivity contribution in [3.05, 3.63) is 40.8 Å². The van der Waals surface area contributed by atoms with E-state index < -0.39 is 5.91 Å². The Bertz CT molecular complexity index is 954. The third-order valence-electron chi connectivity index (χ3n) is 5.81. The van der Waals surface area contributed by atoms with Crippen LogP contribution in [-0.2, 0) is 0 Å². The average molecular weight is 383 g/mol. The Morgan fingerprint density at radius 1 is 1.26 bits per heavy atom. The summed E-state index contributed by atoms with van der Waals surface area (Å²) in [4.78, 5) is 24.6. The van der Waals surface area contributed by atoms with Gasteiger partial charge < -0.3 is 10.7 Å². The van der Waals surface area contributed by atoms with Crippen LogP contribution in [0.25, 0.3) is 21.7 Å². The SMILES string of the molecule is CC(c1ccc(-c2nc3c(C(N)=O)cccc3[nH]2)s1)N(C)C1CCCCC1. The van der Waals surface area contributed by atoms with Crippen LogP contribution in [0.3, 0.4) is 0 Å². The van der Waals surface area contributed by atoms with Gasteiger partial charge in [0, 0.05) is 17.0 Å².